The minimum atomic E-state index is -0.285. The Balaban J connectivity index is 1.80. The molecule has 0 bridgehead atoms. The van der Waals surface area contributed by atoms with E-state index in [1.54, 1.807) is 12.1 Å². The van der Waals surface area contributed by atoms with Crippen molar-refractivity contribution in [2.24, 2.45) is 5.10 Å². The predicted molar refractivity (Wildman–Crippen MR) is 116 cm³/mol. The lowest BCUT2D eigenvalue weighted by Crippen LogP contribution is -2.26. The molecular formula is C23H22ClN3O2. The van der Waals surface area contributed by atoms with Crippen molar-refractivity contribution < 1.29 is 9.53 Å². The molecule has 3 aromatic rings. The van der Waals surface area contributed by atoms with Crippen LogP contribution in [-0.4, -0.2) is 28.7 Å². The molecule has 0 aliphatic carbocycles. The Morgan fingerprint density at radius 3 is 2.76 bits per heavy atom. The average Bonchev–Trinajstić information content (AvgIpc) is 3.17. The van der Waals surface area contributed by atoms with Gasteiger partial charge < -0.3 is 4.74 Å². The minimum Gasteiger partial charge on any atom is -0.497 e. The molecular weight excluding hydrogens is 386 g/mol. The van der Waals surface area contributed by atoms with Gasteiger partial charge in [-0.15, -0.1) is 0 Å². The first-order valence-electron chi connectivity index (χ1n) is 9.61. The second kappa shape index (κ2) is 7.84. The van der Waals surface area contributed by atoms with Crippen molar-refractivity contribution in [2.45, 2.75) is 32.7 Å². The number of halogens is 1. The van der Waals surface area contributed by atoms with Gasteiger partial charge in [0.05, 0.1) is 24.4 Å². The number of ether oxygens (including phenoxy) is 1. The first kappa shape index (κ1) is 19.4. The van der Waals surface area contributed by atoms with Gasteiger partial charge in [-0.1, -0.05) is 42.8 Å². The number of amides is 1. The van der Waals surface area contributed by atoms with E-state index < -0.39 is 0 Å². The van der Waals surface area contributed by atoms with E-state index in [0.717, 1.165) is 39.1 Å². The highest BCUT2D eigenvalue weighted by atomic mass is 35.5. The molecule has 1 aliphatic rings. The van der Waals surface area contributed by atoms with Crippen LogP contribution in [0.4, 0.5) is 0 Å². The second-order valence-electron chi connectivity index (χ2n) is 7.10. The maximum Gasteiger partial charge on any atom is 0.242 e. The summed E-state index contributed by atoms with van der Waals surface area (Å²) in [6.07, 6.45) is 0.959. The SMILES string of the molecule is CCC(=O)N1N=C(c2ccccc2C)C[C@H]1c1cc2cc(OC)ccc2nc1Cl. The number of pyridine rings is 1. The lowest BCUT2D eigenvalue weighted by molar-refractivity contribution is -0.132. The molecule has 5 nitrogen and oxygen atoms in total. The largest absolute Gasteiger partial charge is 0.497 e. The van der Waals surface area contributed by atoms with E-state index >= 15 is 0 Å². The van der Waals surface area contributed by atoms with E-state index in [4.69, 9.17) is 21.4 Å². The summed E-state index contributed by atoms with van der Waals surface area (Å²) in [7, 11) is 1.63. The lowest BCUT2D eigenvalue weighted by atomic mass is 9.96. The fourth-order valence-corrected chi connectivity index (χ4v) is 3.98. The Morgan fingerprint density at radius 1 is 1.24 bits per heavy atom. The fourth-order valence-electron chi connectivity index (χ4n) is 3.71. The molecule has 148 valence electrons. The summed E-state index contributed by atoms with van der Waals surface area (Å²) in [6.45, 7) is 3.89. The fraction of sp³-hybridized carbons (Fsp3) is 0.261. The molecule has 2 heterocycles. The van der Waals surface area contributed by atoms with Gasteiger partial charge in [-0.3, -0.25) is 4.79 Å². The summed E-state index contributed by atoms with van der Waals surface area (Å²) < 4.78 is 5.33. The highest BCUT2D eigenvalue weighted by Gasteiger charge is 2.34. The molecule has 0 spiro atoms. The Bertz CT molecular complexity index is 1130. The van der Waals surface area contributed by atoms with Gasteiger partial charge >= 0.3 is 0 Å². The predicted octanol–water partition coefficient (Wildman–Crippen LogP) is 5.29. The third kappa shape index (κ3) is 3.58. The molecule has 0 saturated heterocycles. The number of aryl methyl sites for hydroxylation is 1. The van der Waals surface area contributed by atoms with E-state index in [-0.39, 0.29) is 11.9 Å². The minimum absolute atomic E-state index is 0.0413. The van der Waals surface area contributed by atoms with Crippen molar-refractivity contribution in [3.8, 4) is 5.75 Å². The van der Waals surface area contributed by atoms with E-state index in [1.807, 2.05) is 62.4 Å². The van der Waals surface area contributed by atoms with Crippen molar-refractivity contribution in [2.75, 3.05) is 7.11 Å². The van der Waals surface area contributed by atoms with Gasteiger partial charge in [-0.25, -0.2) is 9.99 Å². The molecule has 2 aromatic carbocycles. The van der Waals surface area contributed by atoms with Crippen molar-refractivity contribution in [1.29, 1.82) is 0 Å². The molecule has 0 unspecified atom stereocenters. The Kier molecular flexibility index (Phi) is 5.24. The average molecular weight is 408 g/mol. The third-order valence-corrected chi connectivity index (χ3v) is 5.59. The second-order valence-corrected chi connectivity index (χ2v) is 7.46. The smallest absolute Gasteiger partial charge is 0.242 e. The number of benzene rings is 2. The monoisotopic (exact) mass is 407 g/mol. The summed E-state index contributed by atoms with van der Waals surface area (Å²) in [5, 5.41) is 7.56. The van der Waals surface area contributed by atoms with E-state index in [9.17, 15) is 4.79 Å². The molecule has 29 heavy (non-hydrogen) atoms. The molecule has 6 heteroatoms. The molecule has 0 saturated carbocycles. The molecule has 1 aromatic heterocycles. The lowest BCUT2D eigenvalue weighted by Gasteiger charge is -2.22. The van der Waals surface area contributed by atoms with Gasteiger partial charge in [0.15, 0.2) is 0 Å². The summed E-state index contributed by atoms with van der Waals surface area (Å²) in [5.74, 6) is 0.706. The summed E-state index contributed by atoms with van der Waals surface area (Å²) in [4.78, 5) is 17.2. The van der Waals surface area contributed by atoms with Gasteiger partial charge in [0, 0.05) is 29.4 Å². The summed E-state index contributed by atoms with van der Waals surface area (Å²) >= 11 is 6.56. The van der Waals surface area contributed by atoms with Crippen LogP contribution < -0.4 is 4.74 Å². The first-order chi connectivity index (χ1) is 14.0. The zero-order valence-electron chi connectivity index (χ0n) is 16.6. The van der Waals surface area contributed by atoms with Gasteiger partial charge in [-0.05, 0) is 36.8 Å². The molecule has 1 amide bonds. The number of carbonyl (C=O) groups excluding carboxylic acids is 1. The highest BCUT2D eigenvalue weighted by Crippen LogP contribution is 2.38. The zero-order valence-corrected chi connectivity index (χ0v) is 17.4. The maximum absolute atomic E-state index is 12.7. The number of hydrogen-bond acceptors (Lipinski definition) is 4. The van der Waals surface area contributed by atoms with Gasteiger partial charge in [0.1, 0.15) is 10.9 Å². The van der Waals surface area contributed by atoms with Gasteiger partial charge in [-0.2, -0.15) is 5.10 Å². The normalized spacial score (nSPS) is 16.2. The molecule has 0 fully saturated rings. The van der Waals surface area contributed by atoms with E-state index in [1.165, 1.54) is 0 Å². The van der Waals surface area contributed by atoms with Crippen LogP contribution in [0.1, 0.15) is 42.5 Å². The molecule has 0 N–H and O–H groups in total. The Labute approximate surface area is 175 Å². The highest BCUT2D eigenvalue weighted by molar-refractivity contribution is 6.30. The number of nitrogens with zero attached hydrogens (tertiary/aromatic N) is 3. The van der Waals surface area contributed by atoms with Gasteiger partial charge in [0.2, 0.25) is 5.91 Å². The number of rotatable bonds is 4. The molecule has 4 rings (SSSR count). The van der Waals surface area contributed by atoms with Crippen molar-refractivity contribution in [3.63, 3.8) is 0 Å². The zero-order chi connectivity index (χ0) is 20.5. The number of hydrazone groups is 1. The summed E-state index contributed by atoms with van der Waals surface area (Å²) in [5.41, 5.74) is 4.64. The van der Waals surface area contributed by atoms with Gasteiger partial charge in [0.25, 0.3) is 0 Å². The van der Waals surface area contributed by atoms with Crippen molar-refractivity contribution in [3.05, 3.63) is 70.4 Å². The van der Waals surface area contributed by atoms with Crippen LogP contribution in [0.3, 0.4) is 0 Å². The van der Waals surface area contributed by atoms with Crippen LogP contribution in [0.15, 0.2) is 53.6 Å². The van der Waals surface area contributed by atoms with Crippen LogP contribution in [0.5, 0.6) is 5.75 Å². The van der Waals surface area contributed by atoms with Crippen LogP contribution >= 0.6 is 11.6 Å². The number of hydrogen-bond donors (Lipinski definition) is 0. The Morgan fingerprint density at radius 2 is 2.03 bits per heavy atom. The first-order valence-corrected chi connectivity index (χ1v) is 9.99. The third-order valence-electron chi connectivity index (χ3n) is 5.29. The number of fused-ring (bicyclic) bond motifs is 1. The molecule has 1 atom stereocenters. The van der Waals surface area contributed by atoms with E-state index in [0.29, 0.717) is 18.0 Å². The topological polar surface area (TPSA) is 54.8 Å². The van der Waals surface area contributed by atoms with Crippen molar-refractivity contribution >= 4 is 34.1 Å². The maximum atomic E-state index is 12.7. The van der Waals surface area contributed by atoms with Crippen molar-refractivity contribution in [1.82, 2.24) is 9.99 Å². The van der Waals surface area contributed by atoms with Crippen LogP contribution in [0.25, 0.3) is 10.9 Å². The van der Waals surface area contributed by atoms with Crippen LogP contribution in [0.2, 0.25) is 5.15 Å². The summed E-state index contributed by atoms with van der Waals surface area (Å²) in [6, 6.07) is 15.4. The number of methoxy groups -OCH3 is 1. The quantitative estimate of drug-likeness (QED) is 0.552. The van der Waals surface area contributed by atoms with E-state index in [2.05, 4.69) is 4.98 Å². The number of aromatic nitrogens is 1. The van der Waals surface area contributed by atoms with Crippen LogP contribution in [0, 0.1) is 6.92 Å². The van der Waals surface area contributed by atoms with Crippen LogP contribution in [-0.2, 0) is 4.79 Å². The standard InChI is InChI=1S/C23H22ClN3O2/c1-4-22(28)27-21(13-20(26-27)17-8-6-5-7-14(17)2)18-12-15-11-16(29-3)9-10-19(15)25-23(18)24/h5-12,21H,4,13H2,1-3H3/t21-/m0/s1. The molecule has 0 radical (unpaired) electrons. The Hall–Kier alpha value is -2.92. The molecule has 1 aliphatic heterocycles. The number of carbonyl (C=O) groups is 1.